The molecule has 0 unspecified atom stereocenters. The number of amides is 1. The fraction of sp³-hybridized carbons (Fsp3) is 0.391. The summed E-state index contributed by atoms with van der Waals surface area (Å²) in [4.78, 5) is 15.5. The van der Waals surface area contributed by atoms with Crippen LogP contribution in [0.2, 0.25) is 0 Å². The summed E-state index contributed by atoms with van der Waals surface area (Å²) in [5.41, 5.74) is 0.680. The first-order valence-corrected chi connectivity index (χ1v) is 10.7. The Morgan fingerprint density at radius 3 is 2.68 bits per heavy atom. The van der Waals surface area contributed by atoms with Crippen molar-refractivity contribution in [3.63, 3.8) is 0 Å². The molecule has 1 saturated heterocycles. The van der Waals surface area contributed by atoms with Crippen molar-refractivity contribution >= 4 is 28.9 Å². The van der Waals surface area contributed by atoms with Crippen LogP contribution in [0.4, 0.5) is 5.69 Å². The molecule has 0 radical (unpaired) electrons. The van der Waals surface area contributed by atoms with Gasteiger partial charge in [0.15, 0.2) is 10.8 Å². The third kappa shape index (κ3) is 3.93. The molecule has 0 aliphatic carbocycles. The fourth-order valence-electron chi connectivity index (χ4n) is 4.38. The van der Waals surface area contributed by atoms with Crippen LogP contribution < -0.4 is 20.1 Å². The lowest BCUT2D eigenvalue weighted by molar-refractivity contribution is -0.149. The molecule has 164 valence electrons. The number of anilines is 1. The number of fused-ring (bicyclic) bond motifs is 4. The average Bonchev–Trinajstić information content (AvgIpc) is 2.76. The summed E-state index contributed by atoms with van der Waals surface area (Å²) in [5, 5.41) is 7.01. The van der Waals surface area contributed by atoms with Crippen LogP contribution in [0, 0.1) is 5.92 Å². The average molecular weight is 442 g/mol. The normalized spacial score (nSPS) is 24.0. The third-order valence-electron chi connectivity index (χ3n) is 5.91. The topological polar surface area (TPSA) is 72.1 Å². The number of nitrogens with zero attached hydrogens (tertiary/aromatic N) is 1. The van der Waals surface area contributed by atoms with Crippen LogP contribution in [0.25, 0.3) is 0 Å². The SMILES string of the molecule is COCCCN1C(=S)N[C@@H]2c3ccccc3O[C@]1(C)[C@H]2C(=O)Nc1ccc(OC)cc1. The second kappa shape index (κ2) is 8.72. The highest BCUT2D eigenvalue weighted by molar-refractivity contribution is 7.80. The number of nitrogens with one attached hydrogen (secondary N) is 2. The lowest BCUT2D eigenvalue weighted by Gasteiger charge is -2.56. The van der Waals surface area contributed by atoms with Gasteiger partial charge in [-0.1, -0.05) is 18.2 Å². The Bertz CT molecular complexity index is 968. The molecule has 0 saturated carbocycles. The molecule has 0 spiro atoms. The first-order valence-electron chi connectivity index (χ1n) is 10.3. The van der Waals surface area contributed by atoms with Gasteiger partial charge in [-0.15, -0.1) is 0 Å². The summed E-state index contributed by atoms with van der Waals surface area (Å²) in [5.74, 6) is 0.820. The van der Waals surface area contributed by atoms with Gasteiger partial charge in [0.2, 0.25) is 5.91 Å². The number of ether oxygens (including phenoxy) is 3. The van der Waals surface area contributed by atoms with E-state index in [0.717, 1.165) is 23.5 Å². The van der Waals surface area contributed by atoms with Crippen LogP contribution in [-0.4, -0.2) is 49.0 Å². The lowest BCUT2D eigenvalue weighted by atomic mass is 9.78. The van der Waals surface area contributed by atoms with Crippen molar-refractivity contribution in [2.45, 2.75) is 25.1 Å². The molecule has 8 heteroatoms. The van der Waals surface area contributed by atoms with Gasteiger partial charge in [-0.3, -0.25) is 4.79 Å². The van der Waals surface area contributed by atoms with Gasteiger partial charge in [0.1, 0.15) is 17.4 Å². The molecule has 1 fully saturated rings. The van der Waals surface area contributed by atoms with E-state index in [1.165, 1.54) is 0 Å². The van der Waals surface area contributed by atoms with E-state index in [4.69, 9.17) is 26.4 Å². The minimum absolute atomic E-state index is 0.140. The van der Waals surface area contributed by atoms with E-state index < -0.39 is 11.6 Å². The van der Waals surface area contributed by atoms with Crippen LogP contribution in [0.15, 0.2) is 48.5 Å². The van der Waals surface area contributed by atoms with E-state index in [-0.39, 0.29) is 11.9 Å². The summed E-state index contributed by atoms with van der Waals surface area (Å²) in [6, 6.07) is 14.8. The first kappa shape index (κ1) is 21.4. The number of hydrogen-bond acceptors (Lipinski definition) is 5. The summed E-state index contributed by atoms with van der Waals surface area (Å²) < 4.78 is 16.9. The Kier molecular flexibility index (Phi) is 6.02. The van der Waals surface area contributed by atoms with Crippen LogP contribution in [0.3, 0.4) is 0 Å². The van der Waals surface area contributed by atoms with E-state index in [0.29, 0.717) is 24.0 Å². The second-order valence-electron chi connectivity index (χ2n) is 7.82. The summed E-state index contributed by atoms with van der Waals surface area (Å²) in [6.45, 7) is 3.14. The zero-order valence-electron chi connectivity index (χ0n) is 17.9. The van der Waals surface area contributed by atoms with Gasteiger partial charge >= 0.3 is 0 Å². The molecular formula is C23H27N3O4S. The summed E-state index contributed by atoms with van der Waals surface area (Å²) in [7, 11) is 3.28. The van der Waals surface area contributed by atoms with Crippen LogP contribution >= 0.6 is 12.2 Å². The van der Waals surface area contributed by atoms with Crippen LogP contribution in [-0.2, 0) is 9.53 Å². The van der Waals surface area contributed by atoms with Gasteiger partial charge in [-0.2, -0.15) is 0 Å². The van der Waals surface area contributed by atoms with Crippen molar-refractivity contribution in [2.24, 2.45) is 5.92 Å². The molecule has 2 aromatic rings. The number of thiocarbonyl (C=S) groups is 1. The van der Waals surface area contributed by atoms with Crippen molar-refractivity contribution in [1.29, 1.82) is 0 Å². The summed E-state index contributed by atoms with van der Waals surface area (Å²) >= 11 is 5.68. The molecule has 1 amide bonds. The lowest BCUT2D eigenvalue weighted by Crippen LogP contribution is -2.71. The van der Waals surface area contributed by atoms with Gasteiger partial charge in [0, 0.05) is 31.5 Å². The zero-order valence-corrected chi connectivity index (χ0v) is 18.7. The number of carbonyl (C=O) groups excluding carboxylic acids is 1. The smallest absolute Gasteiger partial charge is 0.236 e. The molecule has 2 heterocycles. The van der Waals surface area contributed by atoms with E-state index in [9.17, 15) is 4.79 Å². The van der Waals surface area contributed by atoms with Crippen LogP contribution in [0.1, 0.15) is 24.9 Å². The molecule has 2 bridgehead atoms. The molecule has 0 aromatic heterocycles. The van der Waals surface area contributed by atoms with Crippen LogP contribution in [0.5, 0.6) is 11.5 Å². The maximum Gasteiger partial charge on any atom is 0.236 e. The Morgan fingerprint density at radius 2 is 1.97 bits per heavy atom. The monoisotopic (exact) mass is 441 g/mol. The maximum atomic E-state index is 13.6. The predicted molar refractivity (Wildman–Crippen MR) is 122 cm³/mol. The summed E-state index contributed by atoms with van der Waals surface area (Å²) in [6.07, 6.45) is 0.760. The molecule has 3 atom stereocenters. The van der Waals surface area contributed by atoms with E-state index in [1.807, 2.05) is 60.4 Å². The highest BCUT2D eigenvalue weighted by atomic mass is 32.1. The molecule has 7 nitrogen and oxygen atoms in total. The zero-order chi connectivity index (χ0) is 22.0. The van der Waals surface area contributed by atoms with Crippen molar-refractivity contribution in [2.75, 3.05) is 32.7 Å². The molecule has 4 rings (SSSR count). The quantitative estimate of drug-likeness (QED) is 0.504. The van der Waals surface area contributed by atoms with Crippen molar-refractivity contribution in [3.8, 4) is 11.5 Å². The van der Waals surface area contributed by atoms with Gasteiger partial charge in [-0.25, -0.2) is 0 Å². The van der Waals surface area contributed by atoms with Gasteiger partial charge in [0.25, 0.3) is 0 Å². The van der Waals surface area contributed by atoms with Gasteiger partial charge in [-0.05, 0) is 55.9 Å². The number of para-hydroxylation sites is 1. The number of benzene rings is 2. The predicted octanol–water partition coefficient (Wildman–Crippen LogP) is 3.33. The number of methoxy groups -OCH3 is 2. The van der Waals surface area contributed by atoms with Crippen molar-refractivity contribution in [3.05, 3.63) is 54.1 Å². The number of rotatable bonds is 7. The van der Waals surface area contributed by atoms with Crippen molar-refractivity contribution in [1.82, 2.24) is 10.2 Å². The van der Waals surface area contributed by atoms with E-state index in [2.05, 4.69) is 10.6 Å². The van der Waals surface area contributed by atoms with E-state index >= 15 is 0 Å². The minimum Gasteiger partial charge on any atom is -0.497 e. The van der Waals surface area contributed by atoms with E-state index in [1.54, 1.807) is 14.2 Å². The third-order valence-corrected chi connectivity index (χ3v) is 6.25. The highest BCUT2D eigenvalue weighted by Crippen LogP contribution is 2.48. The Balaban J connectivity index is 1.68. The number of hydrogen-bond donors (Lipinski definition) is 2. The molecule has 31 heavy (non-hydrogen) atoms. The Morgan fingerprint density at radius 1 is 1.23 bits per heavy atom. The number of carbonyl (C=O) groups is 1. The minimum atomic E-state index is -0.939. The molecule has 2 N–H and O–H groups in total. The largest absolute Gasteiger partial charge is 0.497 e. The first-order chi connectivity index (χ1) is 15.0. The maximum absolute atomic E-state index is 13.6. The molecule has 2 aromatic carbocycles. The Hall–Kier alpha value is -2.84. The second-order valence-corrected chi connectivity index (χ2v) is 8.20. The molecular weight excluding hydrogens is 414 g/mol. The van der Waals surface area contributed by atoms with Gasteiger partial charge in [0.05, 0.1) is 13.2 Å². The van der Waals surface area contributed by atoms with Gasteiger partial charge < -0.3 is 29.7 Å². The molecule has 2 aliphatic heterocycles. The Labute approximate surface area is 187 Å². The van der Waals surface area contributed by atoms with Crippen molar-refractivity contribution < 1.29 is 19.0 Å². The molecule has 2 aliphatic rings. The highest BCUT2D eigenvalue weighted by Gasteiger charge is 2.58. The fourth-order valence-corrected chi connectivity index (χ4v) is 4.78. The standard InChI is InChI=1S/C23H27N3O4S/c1-23-19(21(27)24-15-9-11-16(29-3)12-10-15)20(17-7-4-5-8-18(17)30-23)25-22(31)26(23)13-6-14-28-2/h4-5,7-12,19-20H,6,13-14H2,1-3H3,(H,24,27)(H,25,31)/t19-,20-,23-/m1/s1.